The summed E-state index contributed by atoms with van der Waals surface area (Å²) >= 11 is 7.45. The number of benzene rings is 2. The van der Waals surface area contributed by atoms with Gasteiger partial charge in [-0.25, -0.2) is 0 Å². The molecule has 2 aromatic carbocycles. The number of hydrogen-bond acceptors (Lipinski definition) is 2. The van der Waals surface area contributed by atoms with Gasteiger partial charge in [0.2, 0.25) is 0 Å². The Kier molecular flexibility index (Phi) is 4.76. The number of hydrogen-bond donors (Lipinski definition) is 0. The smallest absolute Gasteiger partial charge is 0.133 e. The maximum Gasteiger partial charge on any atom is 0.133 e. The molecule has 1 nitrogen and oxygen atoms in total. The van der Waals surface area contributed by atoms with Crippen molar-refractivity contribution < 1.29 is 4.74 Å². The molecular weight excluding hydrogens is 411 g/mol. The second-order valence-corrected chi connectivity index (χ2v) is 6.63. The Morgan fingerprint density at radius 2 is 1.82 bits per heavy atom. The van der Waals surface area contributed by atoms with Crippen molar-refractivity contribution in [1.29, 1.82) is 0 Å². The summed E-state index contributed by atoms with van der Waals surface area (Å²) in [7, 11) is 1.69. The molecule has 0 fully saturated rings. The van der Waals surface area contributed by atoms with Gasteiger partial charge in [0.25, 0.3) is 0 Å². The maximum absolute atomic E-state index is 5.37. The average molecular weight is 421 g/mol. The van der Waals surface area contributed by atoms with Crippen LogP contribution in [0.4, 0.5) is 0 Å². The minimum atomic E-state index is 0.892. The molecule has 88 valence electrons. The summed E-state index contributed by atoms with van der Waals surface area (Å²) in [5.41, 5.74) is 0. The van der Waals surface area contributed by atoms with E-state index in [1.807, 2.05) is 12.1 Å². The maximum atomic E-state index is 5.37. The van der Waals surface area contributed by atoms with E-state index in [-0.39, 0.29) is 0 Å². The first kappa shape index (κ1) is 13.2. The van der Waals surface area contributed by atoms with Crippen molar-refractivity contribution >= 4 is 50.3 Å². The predicted octanol–water partition coefficient (Wildman–Crippen LogP) is 5.21. The highest BCUT2D eigenvalue weighted by molar-refractivity contribution is 14.1. The van der Waals surface area contributed by atoms with Crippen molar-refractivity contribution in [1.82, 2.24) is 0 Å². The lowest BCUT2D eigenvalue weighted by atomic mass is 10.3. The predicted molar refractivity (Wildman–Crippen MR) is 84.0 cm³/mol. The van der Waals surface area contributed by atoms with Gasteiger partial charge in [0.15, 0.2) is 0 Å². The van der Waals surface area contributed by atoms with Crippen LogP contribution < -0.4 is 4.74 Å². The summed E-state index contributed by atoms with van der Waals surface area (Å²) in [6.07, 6.45) is 0. The summed E-state index contributed by atoms with van der Waals surface area (Å²) in [5, 5.41) is 0. The Hall–Kier alpha value is -0.200. The second-order valence-electron chi connectivity index (χ2n) is 3.35. The summed E-state index contributed by atoms with van der Waals surface area (Å²) in [4.78, 5) is 2.34. The van der Waals surface area contributed by atoms with Gasteiger partial charge in [-0.3, -0.25) is 0 Å². The van der Waals surface area contributed by atoms with Crippen LogP contribution in [-0.4, -0.2) is 7.11 Å². The Balaban J connectivity index is 2.26. The molecule has 0 saturated heterocycles. The van der Waals surface area contributed by atoms with Crippen LogP contribution in [0, 0.1) is 3.57 Å². The van der Waals surface area contributed by atoms with Crippen LogP contribution in [0.1, 0.15) is 0 Å². The zero-order valence-corrected chi connectivity index (χ0v) is 13.7. The molecule has 17 heavy (non-hydrogen) atoms. The third-order valence-electron chi connectivity index (χ3n) is 2.17. The van der Waals surface area contributed by atoms with Gasteiger partial charge in [0.05, 0.1) is 12.0 Å². The van der Waals surface area contributed by atoms with Crippen molar-refractivity contribution in [3.8, 4) is 5.75 Å². The summed E-state index contributed by atoms with van der Waals surface area (Å²) in [6.45, 7) is 0. The lowest BCUT2D eigenvalue weighted by Crippen LogP contribution is -1.86. The topological polar surface area (TPSA) is 9.23 Å². The normalized spacial score (nSPS) is 10.3. The van der Waals surface area contributed by atoms with Crippen molar-refractivity contribution in [3.63, 3.8) is 0 Å². The second kappa shape index (κ2) is 6.11. The Morgan fingerprint density at radius 1 is 1.12 bits per heavy atom. The summed E-state index contributed by atoms with van der Waals surface area (Å²) in [5.74, 6) is 0.892. The molecule has 0 heterocycles. The quantitative estimate of drug-likeness (QED) is 0.630. The van der Waals surface area contributed by atoms with E-state index in [1.165, 1.54) is 8.47 Å². The van der Waals surface area contributed by atoms with Gasteiger partial charge in [-0.2, -0.15) is 0 Å². The SMILES string of the molecule is COc1cc(Br)ccc1Sc1ccc(I)cc1. The van der Waals surface area contributed by atoms with Crippen molar-refractivity contribution in [2.75, 3.05) is 7.11 Å². The third kappa shape index (κ3) is 3.63. The van der Waals surface area contributed by atoms with Gasteiger partial charge >= 0.3 is 0 Å². The fourth-order valence-corrected chi connectivity index (χ4v) is 2.96. The van der Waals surface area contributed by atoms with Gasteiger partial charge in [-0.05, 0) is 65.1 Å². The van der Waals surface area contributed by atoms with Crippen molar-refractivity contribution in [2.45, 2.75) is 9.79 Å². The van der Waals surface area contributed by atoms with Gasteiger partial charge < -0.3 is 4.74 Å². The van der Waals surface area contributed by atoms with Gasteiger partial charge in [-0.15, -0.1) is 0 Å². The third-order valence-corrected chi connectivity index (χ3v) is 4.44. The highest BCUT2D eigenvalue weighted by atomic mass is 127. The molecule has 0 aliphatic heterocycles. The molecule has 0 unspecified atom stereocenters. The Bertz CT molecular complexity index is 513. The van der Waals surface area contributed by atoms with Crippen LogP contribution >= 0.6 is 50.3 Å². The highest BCUT2D eigenvalue weighted by Crippen LogP contribution is 2.36. The zero-order valence-electron chi connectivity index (χ0n) is 9.11. The van der Waals surface area contributed by atoms with E-state index in [4.69, 9.17) is 4.74 Å². The molecule has 0 N–H and O–H groups in total. The first-order valence-electron chi connectivity index (χ1n) is 4.96. The largest absolute Gasteiger partial charge is 0.496 e. The van der Waals surface area contributed by atoms with Crippen LogP contribution in [0.3, 0.4) is 0 Å². The molecule has 0 bridgehead atoms. The van der Waals surface area contributed by atoms with Crippen LogP contribution in [0.15, 0.2) is 56.7 Å². The Morgan fingerprint density at radius 3 is 2.47 bits per heavy atom. The molecule has 2 aromatic rings. The molecule has 0 aliphatic carbocycles. The van der Waals surface area contributed by atoms with E-state index >= 15 is 0 Å². The van der Waals surface area contributed by atoms with Crippen LogP contribution in [-0.2, 0) is 0 Å². The standard InChI is InChI=1S/C13H10BrIOS/c1-16-12-8-9(14)2-7-13(12)17-11-5-3-10(15)4-6-11/h2-8H,1H3. The molecule has 0 spiro atoms. The molecule has 0 aromatic heterocycles. The molecule has 0 saturated carbocycles. The molecule has 0 radical (unpaired) electrons. The lowest BCUT2D eigenvalue weighted by Gasteiger charge is -2.08. The summed E-state index contributed by atoms with van der Waals surface area (Å²) in [6, 6.07) is 14.5. The van der Waals surface area contributed by atoms with Crippen LogP contribution in [0.2, 0.25) is 0 Å². The molecule has 2 rings (SSSR count). The van der Waals surface area contributed by atoms with E-state index in [0.717, 1.165) is 15.1 Å². The van der Waals surface area contributed by atoms with Crippen molar-refractivity contribution in [3.05, 3.63) is 50.5 Å². The van der Waals surface area contributed by atoms with Gasteiger partial charge in [-0.1, -0.05) is 27.7 Å². The number of halogens is 2. The Labute approximate surface area is 127 Å². The lowest BCUT2D eigenvalue weighted by molar-refractivity contribution is 0.404. The van der Waals surface area contributed by atoms with Gasteiger partial charge in [0, 0.05) is 12.9 Å². The first-order valence-corrected chi connectivity index (χ1v) is 7.65. The van der Waals surface area contributed by atoms with E-state index in [2.05, 4.69) is 68.9 Å². The first-order chi connectivity index (χ1) is 8.19. The van der Waals surface area contributed by atoms with Gasteiger partial charge in [0.1, 0.15) is 5.75 Å². The molecule has 0 aliphatic rings. The molecule has 4 heteroatoms. The number of ether oxygens (including phenoxy) is 1. The molecular formula is C13H10BrIOS. The monoisotopic (exact) mass is 420 g/mol. The number of methoxy groups -OCH3 is 1. The molecule has 0 atom stereocenters. The average Bonchev–Trinajstić information content (AvgIpc) is 2.34. The minimum absolute atomic E-state index is 0.892. The fourth-order valence-electron chi connectivity index (χ4n) is 1.36. The van der Waals surface area contributed by atoms with E-state index in [0.29, 0.717) is 0 Å². The van der Waals surface area contributed by atoms with E-state index in [1.54, 1.807) is 18.9 Å². The van der Waals surface area contributed by atoms with Crippen molar-refractivity contribution in [2.24, 2.45) is 0 Å². The zero-order chi connectivity index (χ0) is 12.3. The molecule has 0 amide bonds. The van der Waals surface area contributed by atoms with E-state index in [9.17, 15) is 0 Å². The fraction of sp³-hybridized carbons (Fsp3) is 0.0769. The summed E-state index contributed by atoms with van der Waals surface area (Å²) < 4.78 is 7.64. The minimum Gasteiger partial charge on any atom is -0.496 e. The van der Waals surface area contributed by atoms with Crippen LogP contribution in [0.5, 0.6) is 5.75 Å². The number of rotatable bonds is 3. The van der Waals surface area contributed by atoms with E-state index < -0.39 is 0 Å². The highest BCUT2D eigenvalue weighted by Gasteiger charge is 2.05. The van der Waals surface area contributed by atoms with Crippen LogP contribution in [0.25, 0.3) is 0 Å².